The van der Waals surface area contributed by atoms with E-state index in [0.717, 1.165) is 29.5 Å². The van der Waals surface area contributed by atoms with Crippen molar-refractivity contribution in [2.45, 2.75) is 51.5 Å². The Morgan fingerprint density at radius 2 is 1.80 bits per heavy atom. The molecule has 1 aliphatic rings. The van der Waals surface area contributed by atoms with E-state index in [9.17, 15) is 9.18 Å². The minimum Gasteiger partial charge on any atom is -0.421 e. The minimum atomic E-state index is -0.268. The second kappa shape index (κ2) is 9.20. The molecule has 1 amide bonds. The number of aromatic nitrogens is 2. The van der Waals surface area contributed by atoms with Gasteiger partial charge in [0.2, 0.25) is 17.7 Å². The molecule has 1 aliphatic carbocycles. The topological polar surface area (TPSA) is 68.0 Å². The molecule has 0 bridgehead atoms. The summed E-state index contributed by atoms with van der Waals surface area (Å²) in [5, 5.41) is 11.3. The molecule has 156 valence electrons. The highest BCUT2D eigenvalue weighted by Crippen LogP contribution is 2.36. The molecule has 0 spiro atoms. The number of amides is 1. The first kappa shape index (κ1) is 20.3. The Morgan fingerprint density at radius 3 is 2.50 bits per heavy atom. The molecule has 1 N–H and O–H groups in total. The van der Waals surface area contributed by atoms with Crippen molar-refractivity contribution in [3.8, 4) is 11.5 Å². The third-order valence-electron chi connectivity index (χ3n) is 5.75. The Kier molecular flexibility index (Phi) is 6.21. The van der Waals surface area contributed by atoms with E-state index in [1.165, 1.54) is 25.0 Å². The summed E-state index contributed by atoms with van der Waals surface area (Å²) in [4.78, 5) is 12.7. The van der Waals surface area contributed by atoms with Crippen molar-refractivity contribution in [1.82, 2.24) is 15.5 Å². The summed E-state index contributed by atoms with van der Waals surface area (Å²) in [6.07, 6.45) is 5.13. The molecule has 1 aromatic heterocycles. The van der Waals surface area contributed by atoms with E-state index >= 15 is 0 Å². The van der Waals surface area contributed by atoms with Crippen LogP contribution in [0, 0.1) is 18.7 Å². The van der Waals surface area contributed by atoms with Gasteiger partial charge in [-0.2, -0.15) is 0 Å². The van der Waals surface area contributed by atoms with Crippen molar-refractivity contribution in [2.75, 3.05) is 0 Å². The summed E-state index contributed by atoms with van der Waals surface area (Å²) in [6, 6.07) is 14.2. The predicted molar refractivity (Wildman–Crippen MR) is 112 cm³/mol. The molecule has 0 saturated heterocycles. The summed E-state index contributed by atoms with van der Waals surface area (Å²) in [6.45, 7) is 2.02. The molecule has 0 aliphatic heterocycles. The van der Waals surface area contributed by atoms with Crippen LogP contribution in [-0.2, 0) is 11.2 Å². The number of rotatable bonds is 7. The lowest BCUT2D eigenvalue weighted by Crippen LogP contribution is -2.33. The molecular formula is C24H26FN3O2. The first-order chi connectivity index (χ1) is 14.6. The van der Waals surface area contributed by atoms with Crippen molar-refractivity contribution >= 4 is 5.91 Å². The van der Waals surface area contributed by atoms with Crippen LogP contribution in [0.5, 0.6) is 0 Å². The molecule has 1 saturated carbocycles. The Balaban J connectivity index is 1.38. The molecule has 5 nitrogen and oxygen atoms in total. The van der Waals surface area contributed by atoms with Gasteiger partial charge >= 0.3 is 0 Å². The first-order valence-electron chi connectivity index (χ1n) is 10.5. The van der Waals surface area contributed by atoms with Crippen LogP contribution >= 0.6 is 0 Å². The predicted octanol–water partition coefficient (Wildman–Crippen LogP) is 5.16. The first-order valence-corrected chi connectivity index (χ1v) is 10.5. The van der Waals surface area contributed by atoms with Crippen molar-refractivity contribution in [2.24, 2.45) is 5.92 Å². The van der Waals surface area contributed by atoms with Gasteiger partial charge in [-0.3, -0.25) is 4.79 Å². The fourth-order valence-electron chi connectivity index (χ4n) is 4.07. The normalized spacial score (nSPS) is 15.3. The van der Waals surface area contributed by atoms with Crippen LogP contribution in [0.3, 0.4) is 0 Å². The molecule has 0 unspecified atom stereocenters. The van der Waals surface area contributed by atoms with Gasteiger partial charge in [0.15, 0.2) is 0 Å². The van der Waals surface area contributed by atoms with E-state index in [2.05, 4.69) is 15.5 Å². The van der Waals surface area contributed by atoms with E-state index in [1.807, 2.05) is 31.2 Å². The van der Waals surface area contributed by atoms with Crippen LogP contribution in [-0.4, -0.2) is 16.1 Å². The van der Waals surface area contributed by atoms with E-state index in [4.69, 9.17) is 4.42 Å². The maximum Gasteiger partial charge on any atom is 0.247 e. The largest absolute Gasteiger partial charge is 0.421 e. The molecule has 30 heavy (non-hydrogen) atoms. The molecule has 1 atom stereocenters. The second-order valence-corrected chi connectivity index (χ2v) is 8.01. The van der Waals surface area contributed by atoms with Crippen LogP contribution < -0.4 is 5.32 Å². The van der Waals surface area contributed by atoms with E-state index in [-0.39, 0.29) is 24.2 Å². The zero-order chi connectivity index (χ0) is 20.9. The smallest absolute Gasteiger partial charge is 0.247 e. The molecule has 3 aromatic rings. The van der Waals surface area contributed by atoms with Crippen molar-refractivity contribution < 1.29 is 13.6 Å². The molecule has 2 aromatic carbocycles. The highest BCUT2D eigenvalue weighted by molar-refractivity contribution is 5.76. The van der Waals surface area contributed by atoms with Gasteiger partial charge in [0, 0.05) is 18.4 Å². The van der Waals surface area contributed by atoms with E-state index in [0.29, 0.717) is 24.1 Å². The number of hydrogen-bond acceptors (Lipinski definition) is 4. The summed E-state index contributed by atoms with van der Waals surface area (Å²) < 4.78 is 19.1. The highest BCUT2D eigenvalue weighted by Gasteiger charge is 2.27. The minimum absolute atomic E-state index is 0.0636. The van der Waals surface area contributed by atoms with Crippen LogP contribution in [0.15, 0.2) is 52.9 Å². The Labute approximate surface area is 175 Å². The van der Waals surface area contributed by atoms with Crippen LogP contribution in [0.4, 0.5) is 4.39 Å². The summed E-state index contributed by atoms with van der Waals surface area (Å²) in [7, 11) is 0. The number of carbonyl (C=O) groups is 1. The third-order valence-corrected chi connectivity index (χ3v) is 5.75. The van der Waals surface area contributed by atoms with Gasteiger partial charge in [-0.1, -0.05) is 42.7 Å². The van der Waals surface area contributed by atoms with Gasteiger partial charge in [0.05, 0.1) is 6.04 Å². The van der Waals surface area contributed by atoms with Crippen molar-refractivity contribution in [1.29, 1.82) is 0 Å². The lowest BCUT2D eigenvalue weighted by Gasteiger charge is -2.25. The molecule has 1 heterocycles. The number of carbonyl (C=O) groups excluding carboxylic acids is 1. The van der Waals surface area contributed by atoms with Crippen LogP contribution in [0.25, 0.3) is 11.5 Å². The van der Waals surface area contributed by atoms with E-state index < -0.39 is 0 Å². The Morgan fingerprint density at radius 1 is 1.10 bits per heavy atom. The zero-order valence-electron chi connectivity index (χ0n) is 17.1. The fraction of sp³-hybridized carbons (Fsp3) is 0.375. The Hall–Kier alpha value is -3.02. The lowest BCUT2D eigenvalue weighted by atomic mass is 9.91. The van der Waals surface area contributed by atoms with Gasteiger partial charge in [-0.15, -0.1) is 10.2 Å². The number of aryl methyl sites for hydroxylation is 2. The fourth-order valence-corrected chi connectivity index (χ4v) is 4.07. The molecule has 6 heteroatoms. The number of hydrogen-bond donors (Lipinski definition) is 1. The molecule has 1 fully saturated rings. The SMILES string of the molecule is Cc1ccc(-c2nnc(CCC(=O)N[C@H](c3ccc(F)cc3)C3CCCC3)o2)cc1. The average Bonchev–Trinajstić information content (AvgIpc) is 3.44. The second-order valence-electron chi connectivity index (χ2n) is 8.01. The van der Waals surface area contributed by atoms with Crippen molar-refractivity contribution in [3.63, 3.8) is 0 Å². The Bertz CT molecular complexity index is 976. The summed E-state index contributed by atoms with van der Waals surface area (Å²) >= 11 is 0. The maximum absolute atomic E-state index is 13.3. The third kappa shape index (κ3) is 4.93. The average molecular weight is 407 g/mol. The van der Waals surface area contributed by atoms with E-state index in [1.54, 1.807) is 12.1 Å². The number of nitrogens with one attached hydrogen (secondary N) is 1. The lowest BCUT2D eigenvalue weighted by molar-refractivity contribution is -0.122. The highest BCUT2D eigenvalue weighted by atomic mass is 19.1. The van der Waals surface area contributed by atoms with Gasteiger partial charge in [-0.25, -0.2) is 4.39 Å². The number of nitrogens with zero attached hydrogens (tertiary/aromatic N) is 2. The molecule has 4 rings (SSSR count). The van der Waals surface area contributed by atoms with Crippen molar-refractivity contribution in [3.05, 3.63) is 71.4 Å². The number of benzene rings is 2. The molecular weight excluding hydrogens is 381 g/mol. The zero-order valence-corrected chi connectivity index (χ0v) is 17.1. The quantitative estimate of drug-likeness (QED) is 0.587. The van der Waals surface area contributed by atoms with Crippen LogP contribution in [0.2, 0.25) is 0 Å². The summed E-state index contributed by atoms with van der Waals surface area (Å²) in [5.74, 6) is 0.957. The molecule has 0 radical (unpaired) electrons. The maximum atomic E-state index is 13.3. The monoisotopic (exact) mass is 407 g/mol. The van der Waals surface area contributed by atoms with Gasteiger partial charge in [-0.05, 0) is 55.5 Å². The van der Waals surface area contributed by atoms with Gasteiger partial charge in [0.1, 0.15) is 5.82 Å². The van der Waals surface area contributed by atoms with Gasteiger partial charge in [0.25, 0.3) is 0 Å². The summed E-state index contributed by atoms with van der Waals surface area (Å²) in [5.41, 5.74) is 2.98. The van der Waals surface area contributed by atoms with Crippen LogP contribution in [0.1, 0.15) is 55.2 Å². The standard InChI is InChI=1S/C24H26FN3O2/c1-16-6-8-19(9-7-16)24-28-27-22(30-24)15-14-21(29)26-23(17-4-2-3-5-17)18-10-12-20(25)13-11-18/h6-13,17,23H,2-5,14-15H2,1H3,(H,26,29)/t23-/m0/s1. The number of halogens is 1. The van der Waals surface area contributed by atoms with Gasteiger partial charge < -0.3 is 9.73 Å².